The highest BCUT2D eigenvalue weighted by Crippen LogP contribution is 2.55. The van der Waals surface area contributed by atoms with Crippen molar-refractivity contribution < 1.29 is 9.53 Å². The SMILES string of the molecule is CCOC1CC(N(C)C(=O)[C@H]2CCN[C@@H](C)C2)C12CCCCC2. The third-order valence-corrected chi connectivity index (χ3v) is 6.68. The van der Waals surface area contributed by atoms with Crippen LogP contribution in [0, 0.1) is 11.3 Å². The molecule has 4 atom stereocenters. The lowest BCUT2D eigenvalue weighted by Gasteiger charge is -2.60. The zero-order valence-corrected chi connectivity index (χ0v) is 15.1. The number of ether oxygens (including phenoxy) is 1. The molecule has 2 saturated carbocycles. The molecule has 1 heterocycles. The maximum atomic E-state index is 13.0. The largest absolute Gasteiger partial charge is 0.378 e. The zero-order valence-electron chi connectivity index (χ0n) is 15.1. The van der Waals surface area contributed by atoms with Gasteiger partial charge in [0.1, 0.15) is 0 Å². The van der Waals surface area contributed by atoms with E-state index >= 15 is 0 Å². The molecule has 23 heavy (non-hydrogen) atoms. The van der Waals surface area contributed by atoms with Crippen LogP contribution in [-0.2, 0) is 9.53 Å². The van der Waals surface area contributed by atoms with Crippen molar-refractivity contribution in [2.45, 2.75) is 83.4 Å². The predicted octanol–water partition coefficient (Wildman–Crippen LogP) is 2.96. The summed E-state index contributed by atoms with van der Waals surface area (Å²) < 4.78 is 6.05. The first-order valence-corrected chi connectivity index (χ1v) is 9.70. The molecule has 1 amide bonds. The minimum atomic E-state index is 0.211. The molecule has 132 valence electrons. The molecule has 4 heteroatoms. The summed E-state index contributed by atoms with van der Waals surface area (Å²) in [6, 6.07) is 0.865. The van der Waals surface area contributed by atoms with Gasteiger partial charge in [0.2, 0.25) is 5.91 Å². The molecule has 1 aliphatic heterocycles. The third-order valence-electron chi connectivity index (χ3n) is 6.68. The molecule has 3 rings (SSSR count). The first-order valence-electron chi connectivity index (χ1n) is 9.70. The van der Waals surface area contributed by atoms with E-state index in [4.69, 9.17) is 4.74 Å². The first-order chi connectivity index (χ1) is 11.1. The molecule has 2 unspecified atom stereocenters. The van der Waals surface area contributed by atoms with Crippen LogP contribution in [0.25, 0.3) is 0 Å². The number of carbonyl (C=O) groups is 1. The first kappa shape index (κ1) is 17.2. The van der Waals surface area contributed by atoms with Gasteiger partial charge in [-0.25, -0.2) is 0 Å². The highest BCUT2D eigenvalue weighted by Gasteiger charge is 2.58. The van der Waals surface area contributed by atoms with Gasteiger partial charge < -0.3 is 15.0 Å². The summed E-state index contributed by atoms with van der Waals surface area (Å²) in [5, 5.41) is 3.45. The van der Waals surface area contributed by atoms with Crippen LogP contribution in [0.15, 0.2) is 0 Å². The van der Waals surface area contributed by atoms with Crippen molar-refractivity contribution >= 4 is 5.91 Å². The second kappa shape index (κ2) is 7.10. The summed E-state index contributed by atoms with van der Waals surface area (Å²) in [5.74, 6) is 0.589. The minimum absolute atomic E-state index is 0.211. The van der Waals surface area contributed by atoms with Crippen LogP contribution in [0.1, 0.15) is 65.2 Å². The van der Waals surface area contributed by atoms with Crippen molar-refractivity contribution in [1.82, 2.24) is 10.2 Å². The van der Waals surface area contributed by atoms with Gasteiger partial charge in [0, 0.05) is 37.1 Å². The Morgan fingerprint density at radius 2 is 2.00 bits per heavy atom. The van der Waals surface area contributed by atoms with E-state index in [1.807, 2.05) is 0 Å². The van der Waals surface area contributed by atoms with Gasteiger partial charge in [-0.2, -0.15) is 0 Å². The molecule has 1 saturated heterocycles. The summed E-state index contributed by atoms with van der Waals surface area (Å²) in [5.41, 5.74) is 0.247. The second-order valence-electron chi connectivity index (χ2n) is 8.01. The van der Waals surface area contributed by atoms with Crippen LogP contribution in [0.3, 0.4) is 0 Å². The second-order valence-corrected chi connectivity index (χ2v) is 8.01. The Bertz CT molecular complexity index is 420. The van der Waals surface area contributed by atoms with Crippen LogP contribution < -0.4 is 5.32 Å². The fourth-order valence-corrected chi connectivity index (χ4v) is 5.37. The Morgan fingerprint density at radius 3 is 2.65 bits per heavy atom. The number of carbonyl (C=O) groups excluding carboxylic acids is 1. The number of nitrogens with one attached hydrogen (secondary N) is 1. The normalized spacial score (nSPS) is 36.5. The van der Waals surface area contributed by atoms with E-state index in [1.54, 1.807) is 0 Å². The molecule has 2 aliphatic carbocycles. The van der Waals surface area contributed by atoms with Crippen molar-refractivity contribution in [1.29, 1.82) is 0 Å². The fraction of sp³-hybridized carbons (Fsp3) is 0.947. The van der Waals surface area contributed by atoms with Crippen LogP contribution in [0.4, 0.5) is 0 Å². The lowest BCUT2D eigenvalue weighted by molar-refractivity contribution is -0.187. The number of piperidine rings is 1. The monoisotopic (exact) mass is 322 g/mol. The van der Waals surface area contributed by atoms with Crippen molar-refractivity contribution in [3.8, 4) is 0 Å². The topological polar surface area (TPSA) is 41.6 Å². The van der Waals surface area contributed by atoms with Gasteiger partial charge in [-0.1, -0.05) is 19.3 Å². The molecule has 3 fully saturated rings. The van der Waals surface area contributed by atoms with E-state index in [9.17, 15) is 4.79 Å². The Hall–Kier alpha value is -0.610. The van der Waals surface area contributed by atoms with Crippen molar-refractivity contribution in [2.24, 2.45) is 11.3 Å². The number of amides is 1. The lowest BCUT2D eigenvalue weighted by Crippen LogP contribution is -2.66. The molecular formula is C19H34N2O2. The van der Waals surface area contributed by atoms with Crippen LogP contribution in [0.5, 0.6) is 0 Å². The maximum absolute atomic E-state index is 13.0. The molecule has 1 spiro atoms. The highest BCUT2D eigenvalue weighted by atomic mass is 16.5. The third kappa shape index (κ3) is 3.17. The Morgan fingerprint density at radius 1 is 1.26 bits per heavy atom. The van der Waals surface area contributed by atoms with Gasteiger partial charge in [0.05, 0.1) is 6.10 Å². The minimum Gasteiger partial charge on any atom is -0.378 e. The smallest absolute Gasteiger partial charge is 0.225 e. The van der Waals surface area contributed by atoms with Crippen LogP contribution >= 0.6 is 0 Å². The number of rotatable bonds is 4. The number of nitrogens with zero attached hydrogens (tertiary/aromatic N) is 1. The van der Waals surface area contributed by atoms with E-state index in [-0.39, 0.29) is 11.3 Å². The van der Waals surface area contributed by atoms with Gasteiger partial charge in [-0.15, -0.1) is 0 Å². The fourth-order valence-electron chi connectivity index (χ4n) is 5.37. The number of hydrogen-bond donors (Lipinski definition) is 1. The highest BCUT2D eigenvalue weighted by molar-refractivity contribution is 5.79. The summed E-state index contributed by atoms with van der Waals surface area (Å²) in [6.45, 7) is 6.05. The van der Waals surface area contributed by atoms with Crippen LogP contribution in [0.2, 0.25) is 0 Å². The van der Waals surface area contributed by atoms with Gasteiger partial charge >= 0.3 is 0 Å². The zero-order chi connectivity index (χ0) is 16.4. The van der Waals surface area contributed by atoms with Crippen molar-refractivity contribution in [3.63, 3.8) is 0 Å². The Labute approximate surface area is 141 Å². The molecule has 0 bridgehead atoms. The summed E-state index contributed by atoms with van der Waals surface area (Å²) in [4.78, 5) is 15.1. The molecule has 0 aromatic heterocycles. The molecular weight excluding hydrogens is 288 g/mol. The Balaban J connectivity index is 1.68. The van der Waals surface area contributed by atoms with Gasteiger partial charge in [0.15, 0.2) is 0 Å². The Kier molecular flexibility index (Phi) is 5.32. The summed E-state index contributed by atoms with van der Waals surface area (Å²) >= 11 is 0. The van der Waals surface area contributed by atoms with E-state index in [0.717, 1.165) is 32.4 Å². The molecule has 3 aliphatic rings. The molecule has 4 nitrogen and oxygen atoms in total. The van der Waals surface area contributed by atoms with Crippen LogP contribution in [-0.4, -0.2) is 49.2 Å². The van der Waals surface area contributed by atoms with Crippen molar-refractivity contribution in [3.05, 3.63) is 0 Å². The summed E-state index contributed by atoms with van der Waals surface area (Å²) in [7, 11) is 2.05. The quantitative estimate of drug-likeness (QED) is 0.865. The summed E-state index contributed by atoms with van der Waals surface area (Å²) in [6.07, 6.45) is 9.80. The number of hydrogen-bond acceptors (Lipinski definition) is 3. The van der Waals surface area contributed by atoms with Crippen molar-refractivity contribution in [2.75, 3.05) is 20.2 Å². The van der Waals surface area contributed by atoms with E-state index < -0.39 is 0 Å². The lowest BCUT2D eigenvalue weighted by atomic mass is 9.54. The van der Waals surface area contributed by atoms with Gasteiger partial charge in [-0.05, 0) is 52.5 Å². The van der Waals surface area contributed by atoms with E-state index in [0.29, 0.717) is 24.1 Å². The molecule has 0 aromatic carbocycles. The van der Waals surface area contributed by atoms with Gasteiger partial charge in [0.25, 0.3) is 0 Å². The predicted molar refractivity (Wildman–Crippen MR) is 92.3 cm³/mol. The molecule has 1 N–H and O–H groups in total. The molecule has 0 aromatic rings. The average molecular weight is 322 g/mol. The van der Waals surface area contributed by atoms with Gasteiger partial charge in [-0.3, -0.25) is 4.79 Å². The average Bonchev–Trinajstić information content (AvgIpc) is 2.58. The molecule has 0 radical (unpaired) electrons. The standard InChI is InChI=1S/C19H34N2O2/c1-4-23-17-13-16(19(17)9-6-5-7-10-19)21(3)18(22)15-8-11-20-14(2)12-15/h14-17,20H,4-13H2,1-3H3/t14-,15-,16?,17?/m0/s1. The maximum Gasteiger partial charge on any atom is 0.225 e. The van der Waals surface area contributed by atoms with E-state index in [2.05, 4.69) is 31.1 Å². The van der Waals surface area contributed by atoms with E-state index in [1.165, 1.54) is 32.1 Å².